The number of halogens is 1. The minimum absolute atomic E-state index is 0.0542. The Bertz CT molecular complexity index is 1150. The lowest BCUT2D eigenvalue weighted by atomic mass is 9.97. The van der Waals surface area contributed by atoms with Gasteiger partial charge < -0.3 is 14.8 Å². The first-order chi connectivity index (χ1) is 15.0. The van der Waals surface area contributed by atoms with E-state index in [1.54, 1.807) is 56.7 Å². The molecule has 0 unspecified atom stereocenters. The molecule has 0 spiro atoms. The van der Waals surface area contributed by atoms with Crippen LogP contribution >= 0.6 is 0 Å². The highest BCUT2D eigenvalue weighted by molar-refractivity contribution is 6.09. The highest BCUT2D eigenvalue weighted by Gasteiger charge is 2.12. The minimum Gasteiger partial charge on any atom is -0.497 e. The summed E-state index contributed by atoms with van der Waals surface area (Å²) in [6.45, 7) is 0. The van der Waals surface area contributed by atoms with Gasteiger partial charge in [0.25, 0.3) is 5.91 Å². The van der Waals surface area contributed by atoms with E-state index in [4.69, 9.17) is 9.47 Å². The van der Waals surface area contributed by atoms with E-state index in [9.17, 15) is 14.4 Å². The van der Waals surface area contributed by atoms with Crippen molar-refractivity contribution < 1.29 is 18.7 Å². The predicted molar refractivity (Wildman–Crippen MR) is 117 cm³/mol. The number of hydrogen-bond donors (Lipinski definition) is 1. The predicted octanol–water partition coefficient (Wildman–Crippen LogP) is 4.98. The van der Waals surface area contributed by atoms with Crippen molar-refractivity contribution in [2.45, 2.75) is 6.42 Å². The Kier molecular flexibility index (Phi) is 7.02. The SMILES string of the molecule is COc1ccc(NC(=O)/C(C#N)=C/c2ccc(OC)cc2Cc2cccc(F)c2)cc1. The number of carbonyl (C=O) groups is 1. The van der Waals surface area contributed by atoms with Gasteiger partial charge >= 0.3 is 0 Å². The summed E-state index contributed by atoms with van der Waals surface area (Å²) in [7, 11) is 3.11. The van der Waals surface area contributed by atoms with Gasteiger partial charge in [0.2, 0.25) is 0 Å². The molecule has 3 aromatic carbocycles. The molecule has 0 aliphatic carbocycles. The molecule has 3 rings (SSSR count). The van der Waals surface area contributed by atoms with Crippen LogP contribution in [0.1, 0.15) is 16.7 Å². The van der Waals surface area contributed by atoms with Crippen LogP contribution in [-0.2, 0) is 11.2 Å². The van der Waals surface area contributed by atoms with E-state index in [2.05, 4.69) is 5.32 Å². The monoisotopic (exact) mass is 416 g/mol. The summed E-state index contributed by atoms with van der Waals surface area (Å²) >= 11 is 0. The van der Waals surface area contributed by atoms with Crippen LogP contribution in [0.15, 0.2) is 72.3 Å². The van der Waals surface area contributed by atoms with Gasteiger partial charge in [-0.3, -0.25) is 4.79 Å². The lowest BCUT2D eigenvalue weighted by Crippen LogP contribution is -2.13. The van der Waals surface area contributed by atoms with Crippen molar-refractivity contribution in [2.75, 3.05) is 19.5 Å². The summed E-state index contributed by atoms with van der Waals surface area (Å²) in [6, 6.07) is 20.4. The second-order valence-corrected chi connectivity index (χ2v) is 6.72. The topological polar surface area (TPSA) is 71.3 Å². The van der Waals surface area contributed by atoms with Gasteiger partial charge in [0.15, 0.2) is 0 Å². The maximum Gasteiger partial charge on any atom is 0.266 e. The van der Waals surface area contributed by atoms with Crippen molar-refractivity contribution in [3.8, 4) is 17.6 Å². The Labute approximate surface area is 180 Å². The van der Waals surface area contributed by atoms with Crippen LogP contribution in [-0.4, -0.2) is 20.1 Å². The van der Waals surface area contributed by atoms with Gasteiger partial charge in [-0.15, -0.1) is 0 Å². The number of ether oxygens (including phenoxy) is 2. The first-order valence-corrected chi connectivity index (χ1v) is 9.51. The van der Waals surface area contributed by atoms with Crippen LogP contribution in [0, 0.1) is 17.1 Å². The highest BCUT2D eigenvalue weighted by Crippen LogP contribution is 2.24. The standard InChI is InChI=1S/C25H21FN2O3/c1-30-23-10-7-22(8-11-23)28-25(29)20(16-27)14-18-6-9-24(31-2)15-19(18)12-17-4-3-5-21(26)13-17/h3-11,13-15H,12H2,1-2H3,(H,28,29)/b20-14+. The Morgan fingerprint density at radius 3 is 2.39 bits per heavy atom. The molecular weight excluding hydrogens is 395 g/mol. The number of carbonyl (C=O) groups excluding carboxylic acids is 1. The zero-order chi connectivity index (χ0) is 22.2. The van der Waals surface area contributed by atoms with Crippen LogP contribution in [0.25, 0.3) is 6.08 Å². The molecule has 31 heavy (non-hydrogen) atoms. The van der Waals surface area contributed by atoms with E-state index < -0.39 is 5.91 Å². The normalized spacial score (nSPS) is 10.8. The summed E-state index contributed by atoms with van der Waals surface area (Å²) in [5.41, 5.74) is 2.73. The lowest BCUT2D eigenvalue weighted by Gasteiger charge is -2.10. The number of nitrogens with one attached hydrogen (secondary N) is 1. The number of amides is 1. The zero-order valence-corrected chi connectivity index (χ0v) is 17.2. The summed E-state index contributed by atoms with van der Waals surface area (Å²) in [5, 5.41) is 12.3. The molecule has 0 saturated carbocycles. The number of hydrogen-bond acceptors (Lipinski definition) is 4. The largest absolute Gasteiger partial charge is 0.497 e. The lowest BCUT2D eigenvalue weighted by molar-refractivity contribution is -0.112. The third-order valence-electron chi connectivity index (χ3n) is 4.65. The van der Waals surface area contributed by atoms with Crippen molar-refractivity contribution in [1.29, 1.82) is 5.26 Å². The van der Waals surface area contributed by atoms with E-state index in [1.807, 2.05) is 18.2 Å². The van der Waals surface area contributed by atoms with Crippen molar-refractivity contribution in [2.24, 2.45) is 0 Å². The summed E-state index contributed by atoms with van der Waals surface area (Å²) in [6.07, 6.45) is 1.94. The molecule has 0 fully saturated rings. The van der Waals surface area contributed by atoms with E-state index in [0.29, 0.717) is 29.2 Å². The first kappa shape index (κ1) is 21.6. The van der Waals surface area contributed by atoms with Crippen LogP contribution in [0.3, 0.4) is 0 Å². The molecule has 0 aliphatic rings. The Hall–Kier alpha value is -4.11. The number of anilines is 1. The fraction of sp³-hybridized carbons (Fsp3) is 0.120. The van der Waals surface area contributed by atoms with Crippen LogP contribution < -0.4 is 14.8 Å². The third kappa shape index (κ3) is 5.71. The molecule has 156 valence electrons. The molecule has 5 nitrogen and oxygen atoms in total. The first-order valence-electron chi connectivity index (χ1n) is 9.51. The number of rotatable bonds is 7. The number of methoxy groups -OCH3 is 2. The van der Waals surface area contributed by atoms with Crippen molar-refractivity contribution >= 4 is 17.7 Å². The maximum atomic E-state index is 13.6. The van der Waals surface area contributed by atoms with Gasteiger partial charge in [0.05, 0.1) is 14.2 Å². The fourth-order valence-electron chi connectivity index (χ4n) is 3.05. The molecule has 0 saturated heterocycles. The second-order valence-electron chi connectivity index (χ2n) is 6.72. The molecule has 0 heterocycles. The zero-order valence-electron chi connectivity index (χ0n) is 17.2. The van der Waals surface area contributed by atoms with Gasteiger partial charge in [-0.2, -0.15) is 5.26 Å². The maximum absolute atomic E-state index is 13.6. The number of nitriles is 1. The molecule has 0 bridgehead atoms. The number of benzene rings is 3. The minimum atomic E-state index is -0.528. The van der Waals surface area contributed by atoms with E-state index in [1.165, 1.54) is 18.2 Å². The average Bonchev–Trinajstić information content (AvgIpc) is 2.78. The Morgan fingerprint density at radius 2 is 1.74 bits per heavy atom. The van der Waals surface area contributed by atoms with Gasteiger partial charge in [-0.1, -0.05) is 18.2 Å². The molecule has 1 amide bonds. The van der Waals surface area contributed by atoms with Gasteiger partial charge in [0.1, 0.15) is 29.0 Å². The van der Waals surface area contributed by atoms with E-state index in [-0.39, 0.29) is 11.4 Å². The summed E-state index contributed by atoms with van der Waals surface area (Å²) in [5.74, 6) is 0.438. The highest BCUT2D eigenvalue weighted by atomic mass is 19.1. The average molecular weight is 416 g/mol. The summed E-state index contributed by atoms with van der Waals surface area (Å²) in [4.78, 5) is 12.6. The van der Waals surface area contributed by atoms with Crippen molar-refractivity contribution in [1.82, 2.24) is 0 Å². The molecule has 3 aromatic rings. The smallest absolute Gasteiger partial charge is 0.266 e. The van der Waals surface area contributed by atoms with E-state index in [0.717, 1.165) is 11.1 Å². The third-order valence-corrected chi connectivity index (χ3v) is 4.65. The molecular formula is C25H21FN2O3. The fourth-order valence-corrected chi connectivity index (χ4v) is 3.05. The van der Waals surface area contributed by atoms with Gasteiger partial charge in [-0.25, -0.2) is 4.39 Å². The Morgan fingerprint density at radius 1 is 1.03 bits per heavy atom. The second kappa shape index (κ2) is 10.1. The van der Waals surface area contributed by atoms with Gasteiger partial charge in [0, 0.05) is 5.69 Å². The quantitative estimate of drug-likeness (QED) is 0.436. The molecule has 0 aliphatic heterocycles. The van der Waals surface area contributed by atoms with Crippen LogP contribution in [0.4, 0.5) is 10.1 Å². The van der Waals surface area contributed by atoms with Gasteiger partial charge in [-0.05, 0) is 77.7 Å². The molecule has 0 radical (unpaired) electrons. The number of nitrogens with zero attached hydrogens (tertiary/aromatic N) is 1. The van der Waals surface area contributed by atoms with Crippen LogP contribution in [0.5, 0.6) is 11.5 Å². The van der Waals surface area contributed by atoms with Crippen molar-refractivity contribution in [3.63, 3.8) is 0 Å². The molecule has 0 atom stereocenters. The van der Waals surface area contributed by atoms with E-state index >= 15 is 0 Å². The molecule has 1 N–H and O–H groups in total. The Balaban J connectivity index is 1.89. The molecule has 6 heteroatoms. The van der Waals surface area contributed by atoms with Crippen LogP contribution in [0.2, 0.25) is 0 Å². The van der Waals surface area contributed by atoms with Crippen molar-refractivity contribution in [3.05, 3.63) is 94.8 Å². The molecule has 0 aromatic heterocycles. The summed E-state index contributed by atoms with van der Waals surface area (Å²) < 4.78 is 24.0.